The number of thioether (sulfide) groups is 1. The Labute approximate surface area is 161 Å². The molecule has 3 heterocycles. The molecule has 0 fully saturated rings. The van der Waals surface area contributed by atoms with Crippen molar-refractivity contribution in [2.45, 2.75) is 38.4 Å². The molecule has 3 aromatic rings. The minimum atomic E-state index is 0.0820. The maximum atomic E-state index is 13.5. The molecule has 0 unspecified atom stereocenters. The highest BCUT2D eigenvalue weighted by Crippen LogP contribution is 2.34. The molecule has 4 rings (SSSR count). The van der Waals surface area contributed by atoms with Crippen LogP contribution in [0, 0.1) is 0 Å². The van der Waals surface area contributed by atoms with Gasteiger partial charge in [-0.05, 0) is 42.8 Å². The van der Waals surface area contributed by atoms with Gasteiger partial charge < -0.3 is 0 Å². The molecule has 0 saturated heterocycles. The molecular formula is C20H23N3OS2. The molecule has 0 atom stereocenters. The Morgan fingerprint density at radius 3 is 2.77 bits per heavy atom. The van der Waals surface area contributed by atoms with Crippen molar-refractivity contribution in [3.05, 3.63) is 51.1 Å². The second-order valence-corrected chi connectivity index (χ2v) is 8.83. The van der Waals surface area contributed by atoms with Crippen LogP contribution in [0.2, 0.25) is 0 Å². The number of benzene rings is 1. The van der Waals surface area contributed by atoms with Crippen molar-refractivity contribution in [3.8, 4) is 5.69 Å². The van der Waals surface area contributed by atoms with Crippen molar-refractivity contribution in [2.75, 3.05) is 18.8 Å². The fraction of sp³-hybridized carbons (Fsp3) is 0.400. The van der Waals surface area contributed by atoms with Crippen molar-refractivity contribution < 1.29 is 0 Å². The van der Waals surface area contributed by atoms with E-state index in [4.69, 9.17) is 4.98 Å². The van der Waals surface area contributed by atoms with Crippen LogP contribution >= 0.6 is 23.1 Å². The second-order valence-electron chi connectivity index (χ2n) is 6.51. The Kier molecular flexibility index (Phi) is 5.16. The summed E-state index contributed by atoms with van der Waals surface area (Å²) in [6.07, 6.45) is 2.11. The normalized spacial score (nSPS) is 14.7. The molecule has 1 aliphatic rings. The summed E-state index contributed by atoms with van der Waals surface area (Å²) in [5.41, 5.74) is 2.21. The van der Waals surface area contributed by atoms with E-state index in [9.17, 15) is 4.79 Å². The number of hydrogen-bond donors (Lipinski definition) is 0. The van der Waals surface area contributed by atoms with Crippen LogP contribution in [0.25, 0.3) is 15.9 Å². The van der Waals surface area contributed by atoms with Gasteiger partial charge in [0.1, 0.15) is 4.83 Å². The van der Waals surface area contributed by atoms with Crippen LogP contribution in [0.5, 0.6) is 0 Å². The van der Waals surface area contributed by atoms with E-state index in [0.717, 1.165) is 59.3 Å². The van der Waals surface area contributed by atoms with Crippen LogP contribution in [0.15, 0.2) is 40.3 Å². The molecule has 136 valence electrons. The average Bonchev–Trinajstić information content (AvgIpc) is 3.01. The Balaban J connectivity index is 1.91. The van der Waals surface area contributed by atoms with Crippen LogP contribution in [0.4, 0.5) is 0 Å². The third kappa shape index (κ3) is 3.10. The smallest absolute Gasteiger partial charge is 0.267 e. The fourth-order valence-corrected chi connectivity index (χ4v) is 5.66. The lowest BCUT2D eigenvalue weighted by Crippen LogP contribution is -2.31. The second kappa shape index (κ2) is 7.55. The summed E-state index contributed by atoms with van der Waals surface area (Å²) in [6.45, 7) is 7.41. The van der Waals surface area contributed by atoms with Crippen molar-refractivity contribution in [1.29, 1.82) is 0 Å². The summed E-state index contributed by atoms with van der Waals surface area (Å²) in [4.78, 5) is 23.1. The van der Waals surface area contributed by atoms with Gasteiger partial charge in [-0.1, -0.05) is 43.8 Å². The maximum absolute atomic E-state index is 13.5. The van der Waals surface area contributed by atoms with E-state index >= 15 is 0 Å². The molecule has 0 radical (unpaired) electrons. The topological polar surface area (TPSA) is 38.1 Å². The molecule has 26 heavy (non-hydrogen) atoms. The van der Waals surface area contributed by atoms with Gasteiger partial charge in [-0.15, -0.1) is 11.3 Å². The lowest BCUT2D eigenvalue weighted by Gasteiger charge is -2.26. The third-order valence-corrected chi connectivity index (χ3v) is 6.68. The van der Waals surface area contributed by atoms with Gasteiger partial charge in [-0.3, -0.25) is 14.3 Å². The summed E-state index contributed by atoms with van der Waals surface area (Å²) in [6, 6.07) is 9.88. The zero-order valence-corrected chi connectivity index (χ0v) is 16.8. The first-order chi connectivity index (χ1) is 12.7. The van der Waals surface area contributed by atoms with E-state index in [2.05, 4.69) is 18.7 Å². The minimum absolute atomic E-state index is 0.0820. The number of fused-ring (bicyclic) bond motifs is 3. The molecule has 0 N–H and O–H groups in total. The third-order valence-electron chi connectivity index (χ3n) is 4.75. The number of thiophene rings is 1. The number of hydrogen-bond acceptors (Lipinski definition) is 5. The molecule has 0 saturated carbocycles. The first-order valence-electron chi connectivity index (χ1n) is 9.20. The summed E-state index contributed by atoms with van der Waals surface area (Å²) in [7, 11) is 0. The van der Waals surface area contributed by atoms with Gasteiger partial charge >= 0.3 is 0 Å². The summed E-state index contributed by atoms with van der Waals surface area (Å²) in [5.74, 6) is 0.889. The Morgan fingerprint density at radius 1 is 1.23 bits per heavy atom. The van der Waals surface area contributed by atoms with E-state index in [1.165, 1.54) is 10.4 Å². The molecule has 0 spiro atoms. The molecule has 1 aromatic carbocycles. The first kappa shape index (κ1) is 17.8. The van der Waals surface area contributed by atoms with E-state index in [1.54, 1.807) is 27.7 Å². The Hall–Kier alpha value is -1.63. The molecule has 1 aliphatic heterocycles. The highest BCUT2D eigenvalue weighted by molar-refractivity contribution is 7.99. The van der Waals surface area contributed by atoms with Gasteiger partial charge in [-0.25, -0.2) is 4.98 Å². The van der Waals surface area contributed by atoms with Gasteiger partial charge in [0.05, 0.1) is 11.1 Å². The van der Waals surface area contributed by atoms with Gasteiger partial charge in [0.25, 0.3) is 5.56 Å². The van der Waals surface area contributed by atoms with Crippen LogP contribution in [-0.4, -0.2) is 33.3 Å². The van der Waals surface area contributed by atoms with Crippen LogP contribution < -0.4 is 5.56 Å². The monoisotopic (exact) mass is 385 g/mol. The Bertz CT molecular complexity index is 978. The minimum Gasteiger partial charge on any atom is -0.298 e. The number of para-hydroxylation sites is 1. The molecule has 0 aliphatic carbocycles. The SMILES string of the molecule is CCCN1CCc2c(sc3nc(SCC)n(-c4ccccc4)c(=O)c23)C1. The Morgan fingerprint density at radius 2 is 2.04 bits per heavy atom. The highest BCUT2D eigenvalue weighted by atomic mass is 32.2. The molecule has 4 nitrogen and oxygen atoms in total. The molecular weight excluding hydrogens is 362 g/mol. The van der Waals surface area contributed by atoms with E-state index in [1.807, 2.05) is 30.3 Å². The van der Waals surface area contributed by atoms with Crippen LogP contribution in [-0.2, 0) is 13.0 Å². The van der Waals surface area contributed by atoms with Crippen molar-refractivity contribution in [3.63, 3.8) is 0 Å². The first-order valence-corrected chi connectivity index (χ1v) is 11.0. The zero-order chi connectivity index (χ0) is 18.1. The van der Waals surface area contributed by atoms with Crippen molar-refractivity contribution in [2.24, 2.45) is 0 Å². The zero-order valence-electron chi connectivity index (χ0n) is 15.2. The predicted octanol–water partition coefficient (Wildman–Crippen LogP) is 4.33. The standard InChI is InChI=1S/C20H23N3OS2/c1-3-11-22-12-10-15-16(13-22)26-18-17(15)19(24)23(20(21-18)25-4-2)14-8-6-5-7-9-14/h5-9H,3-4,10-13H2,1-2H3. The lowest BCUT2D eigenvalue weighted by atomic mass is 10.1. The summed E-state index contributed by atoms with van der Waals surface area (Å²) in [5, 5.41) is 1.63. The van der Waals surface area contributed by atoms with Gasteiger partial charge in [-0.2, -0.15) is 0 Å². The molecule has 0 bridgehead atoms. The maximum Gasteiger partial charge on any atom is 0.267 e. The van der Waals surface area contributed by atoms with Gasteiger partial charge in [0.15, 0.2) is 5.16 Å². The average molecular weight is 386 g/mol. The fourth-order valence-electron chi connectivity index (χ4n) is 3.61. The molecule has 0 amide bonds. The van der Waals surface area contributed by atoms with Crippen LogP contribution in [0.3, 0.4) is 0 Å². The number of aromatic nitrogens is 2. The number of nitrogens with zero attached hydrogens (tertiary/aromatic N) is 3. The highest BCUT2D eigenvalue weighted by Gasteiger charge is 2.25. The molecule has 2 aromatic heterocycles. The largest absolute Gasteiger partial charge is 0.298 e. The predicted molar refractivity (Wildman–Crippen MR) is 111 cm³/mol. The van der Waals surface area contributed by atoms with Gasteiger partial charge in [0.2, 0.25) is 0 Å². The van der Waals surface area contributed by atoms with E-state index in [-0.39, 0.29) is 5.56 Å². The lowest BCUT2D eigenvalue weighted by molar-refractivity contribution is 0.258. The van der Waals surface area contributed by atoms with Crippen LogP contribution in [0.1, 0.15) is 30.7 Å². The van der Waals surface area contributed by atoms with Gasteiger partial charge in [0, 0.05) is 18.0 Å². The number of rotatable bonds is 5. The summed E-state index contributed by atoms with van der Waals surface area (Å²) < 4.78 is 1.79. The summed E-state index contributed by atoms with van der Waals surface area (Å²) >= 11 is 3.34. The van der Waals surface area contributed by atoms with E-state index in [0.29, 0.717) is 0 Å². The van der Waals surface area contributed by atoms with Crippen molar-refractivity contribution in [1.82, 2.24) is 14.5 Å². The molecule has 6 heteroatoms. The van der Waals surface area contributed by atoms with Crippen molar-refractivity contribution >= 4 is 33.3 Å². The quantitative estimate of drug-likeness (QED) is 0.484. The van der Waals surface area contributed by atoms with E-state index < -0.39 is 0 Å².